The Morgan fingerprint density at radius 3 is 2.76 bits per heavy atom. The van der Waals surface area contributed by atoms with Gasteiger partial charge in [-0.15, -0.1) is 0 Å². The summed E-state index contributed by atoms with van der Waals surface area (Å²) >= 11 is 3.43. The van der Waals surface area contributed by atoms with E-state index in [-0.39, 0.29) is 17.8 Å². The standard InChI is InChI=1S/C17H18BrFN6/c18-10-1-6-15-21-8-14(25(15)9-10)16-13(19)7-22-17(24-16)23-12-4-2-11(20)3-5-12/h1,6-9,11-12H,2-5,20H2,(H,22,23,24). The van der Waals surface area contributed by atoms with Crippen LogP contribution in [0.15, 0.2) is 35.2 Å². The van der Waals surface area contributed by atoms with Crippen LogP contribution in [-0.4, -0.2) is 31.4 Å². The van der Waals surface area contributed by atoms with Gasteiger partial charge in [-0.1, -0.05) is 0 Å². The lowest BCUT2D eigenvalue weighted by atomic mass is 9.92. The first kappa shape index (κ1) is 16.4. The average molecular weight is 405 g/mol. The van der Waals surface area contributed by atoms with Gasteiger partial charge in [0.05, 0.1) is 18.1 Å². The van der Waals surface area contributed by atoms with Crippen LogP contribution < -0.4 is 11.1 Å². The summed E-state index contributed by atoms with van der Waals surface area (Å²) in [4.78, 5) is 12.8. The molecule has 0 atom stereocenters. The SMILES string of the molecule is NC1CCC(Nc2ncc(F)c(-c3cnc4ccc(Br)cn34)n2)CC1. The second kappa shape index (κ2) is 6.68. The number of nitrogens with zero attached hydrogens (tertiary/aromatic N) is 4. The van der Waals surface area contributed by atoms with E-state index in [4.69, 9.17) is 5.73 Å². The third kappa shape index (κ3) is 3.36. The van der Waals surface area contributed by atoms with Crippen molar-refractivity contribution in [2.24, 2.45) is 5.73 Å². The van der Waals surface area contributed by atoms with Crippen molar-refractivity contribution in [1.82, 2.24) is 19.4 Å². The highest BCUT2D eigenvalue weighted by Crippen LogP contribution is 2.25. The molecule has 0 spiro atoms. The van der Waals surface area contributed by atoms with E-state index in [0.717, 1.165) is 35.8 Å². The molecule has 0 aliphatic heterocycles. The average Bonchev–Trinajstić information content (AvgIpc) is 3.01. The van der Waals surface area contributed by atoms with Gasteiger partial charge < -0.3 is 11.1 Å². The van der Waals surface area contributed by atoms with E-state index in [1.54, 1.807) is 10.6 Å². The van der Waals surface area contributed by atoms with Crippen molar-refractivity contribution in [1.29, 1.82) is 0 Å². The first-order valence-electron chi connectivity index (χ1n) is 8.28. The number of aromatic nitrogens is 4. The first-order valence-corrected chi connectivity index (χ1v) is 9.07. The molecular weight excluding hydrogens is 387 g/mol. The summed E-state index contributed by atoms with van der Waals surface area (Å²) in [7, 11) is 0. The van der Waals surface area contributed by atoms with Gasteiger partial charge in [0.15, 0.2) is 5.82 Å². The fourth-order valence-corrected chi connectivity index (χ4v) is 3.53. The quantitative estimate of drug-likeness (QED) is 0.699. The van der Waals surface area contributed by atoms with Gasteiger partial charge in [-0.25, -0.2) is 19.3 Å². The summed E-state index contributed by atoms with van der Waals surface area (Å²) in [6, 6.07) is 4.30. The van der Waals surface area contributed by atoms with E-state index in [1.165, 1.54) is 6.20 Å². The number of imidazole rings is 1. The third-order valence-electron chi connectivity index (χ3n) is 4.56. The molecule has 1 fully saturated rings. The van der Waals surface area contributed by atoms with Crippen molar-refractivity contribution in [3.8, 4) is 11.4 Å². The Kier molecular flexibility index (Phi) is 4.39. The predicted octanol–water partition coefficient (Wildman–Crippen LogP) is 3.37. The van der Waals surface area contributed by atoms with Crippen LogP contribution in [-0.2, 0) is 0 Å². The molecule has 3 aromatic heterocycles. The molecule has 1 saturated carbocycles. The van der Waals surface area contributed by atoms with Crippen LogP contribution >= 0.6 is 15.9 Å². The Hall–Kier alpha value is -2.06. The van der Waals surface area contributed by atoms with Crippen LogP contribution in [0.3, 0.4) is 0 Å². The number of rotatable bonds is 3. The van der Waals surface area contributed by atoms with E-state index in [1.807, 2.05) is 18.3 Å². The van der Waals surface area contributed by atoms with Gasteiger partial charge in [0.1, 0.15) is 11.3 Å². The fourth-order valence-electron chi connectivity index (χ4n) is 3.19. The molecule has 3 aromatic rings. The van der Waals surface area contributed by atoms with Crippen molar-refractivity contribution >= 4 is 27.5 Å². The molecule has 0 aromatic carbocycles. The zero-order valence-corrected chi connectivity index (χ0v) is 15.1. The molecule has 3 N–H and O–H groups in total. The number of nitrogens with one attached hydrogen (secondary N) is 1. The Labute approximate surface area is 152 Å². The molecule has 0 unspecified atom stereocenters. The molecule has 4 rings (SSSR count). The number of halogens is 2. The van der Waals surface area contributed by atoms with Crippen LogP contribution in [0.5, 0.6) is 0 Å². The van der Waals surface area contributed by atoms with Gasteiger partial charge in [0, 0.05) is 22.8 Å². The van der Waals surface area contributed by atoms with Crippen molar-refractivity contribution in [2.75, 3.05) is 5.32 Å². The number of anilines is 1. The van der Waals surface area contributed by atoms with E-state index in [0.29, 0.717) is 11.6 Å². The number of pyridine rings is 1. The van der Waals surface area contributed by atoms with Crippen molar-refractivity contribution in [3.05, 3.63) is 41.0 Å². The van der Waals surface area contributed by atoms with Gasteiger partial charge in [-0.3, -0.25) is 4.40 Å². The molecule has 3 heterocycles. The van der Waals surface area contributed by atoms with Crippen molar-refractivity contribution < 1.29 is 4.39 Å². The summed E-state index contributed by atoms with van der Waals surface area (Å²) < 4.78 is 17.1. The zero-order chi connectivity index (χ0) is 17.4. The molecule has 0 saturated heterocycles. The van der Waals surface area contributed by atoms with Crippen LogP contribution in [0.4, 0.5) is 10.3 Å². The van der Waals surface area contributed by atoms with Crippen LogP contribution in [0.1, 0.15) is 25.7 Å². The summed E-state index contributed by atoms with van der Waals surface area (Å²) in [6.07, 6.45) is 8.57. The van der Waals surface area contributed by atoms with Gasteiger partial charge in [-0.05, 0) is 53.7 Å². The number of hydrogen-bond donors (Lipinski definition) is 2. The van der Waals surface area contributed by atoms with E-state index in [9.17, 15) is 4.39 Å². The van der Waals surface area contributed by atoms with Crippen LogP contribution in [0.25, 0.3) is 17.0 Å². The van der Waals surface area contributed by atoms with Gasteiger partial charge in [0.25, 0.3) is 0 Å². The number of fused-ring (bicyclic) bond motifs is 1. The monoisotopic (exact) mass is 404 g/mol. The lowest BCUT2D eigenvalue weighted by molar-refractivity contribution is 0.409. The summed E-state index contributed by atoms with van der Waals surface area (Å²) in [5.41, 5.74) is 7.49. The maximum Gasteiger partial charge on any atom is 0.223 e. The minimum Gasteiger partial charge on any atom is -0.351 e. The summed E-state index contributed by atoms with van der Waals surface area (Å²) in [5, 5.41) is 3.31. The molecule has 8 heteroatoms. The normalized spacial score (nSPS) is 20.8. The highest BCUT2D eigenvalue weighted by Gasteiger charge is 2.20. The molecule has 130 valence electrons. The molecule has 1 aliphatic carbocycles. The van der Waals surface area contributed by atoms with Crippen molar-refractivity contribution in [2.45, 2.75) is 37.8 Å². The van der Waals surface area contributed by atoms with Gasteiger partial charge in [-0.2, -0.15) is 0 Å². The second-order valence-corrected chi connectivity index (χ2v) is 7.28. The summed E-state index contributed by atoms with van der Waals surface area (Å²) in [5.74, 6) is -0.0418. The molecular formula is C17H18BrFN6. The molecule has 6 nitrogen and oxygen atoms in total. The van der Waals surface area contributed by atoms with Gasteiger partial charge in [0.2, 0.25) is 5.95 Å². The first-order chi connectivity index (χ1) is 12.1. The van der Waals surface area contributed by atoms with Crippen LogP contribution in [0.2, 0.25) is 0 Å². The molecule has 1 aliphatic rings. The highest BCUT2D eigenvalue weighted by molar-refractivity contribution is 9.10. The number of nitrogens with two attached hydrogens (primary N) is 1. The maximum atomic E-state index is 14.4. The van der Waals surface area contributed by atoms with E-state index in [2.05, 4.69) is 36.2 Å². The summed E-state index contributed by atoms with van der Waals surface area (Å²) in [6.45, 7) is 0. The number of hydrogen-bond acceptors (Lipinski definition) is 5. The van der Waals surface area contributed by atoms with Gasteiger partial charge >= 0.3 is 0 Å². The third-order valence-corrected chi connectivity index (χ3v) is 5.03. The minimum atomic E-state index is -0.474. The Morgan fingerprint density at radius 1 is 1.16 bits per heavy atom. The molecule has 0 bridgehead atoms. The minimum absolute atomic E-state index is 0.232. The highest BCUT2D eigenvalue weighted by atomic mass is 79.9. The van der Waals surface area contributed by atoms with E-state index < -0.39 is 5.82 Å². The molecule has 25 heavy (non-hydrogen) atoms. The van der Waals surface area contributed by atoms with Crippen LogP contribution in [0, 0.1) is 5.82 Å². The van der Waals surface area contributed by atoms with Crippen molar-refractivity contribution in [3.63, 3.8) is 0 Å². The Balaban J connectivity index is 1.66. The molecule has 0 amide bonds. The lowest BCUT2D eigenvalue weighted by Gasteiger charge is -2.26. The maximum absolute atomic E-state index is 14.4. The lowest BCUT2D eigenvalue weighted by Crippen LogP contribution is -2.33. The smallest absolute Gasteiger partial charge is 0.223 e. The molecule has 0 radical (unpaired) electrons. The Morgan fingerprint density at radius 2 is 1.96 bits per heavy atom. The fraction of sp³-hybridized carbons (Fsp3) is 0.353. The second-order valence-electron chi connectivity index (χ2n) is 6.37. The largest absolute Gasteiger partial charge is 0.351 e. The zero-order valence-electron chi connectivity index (χ0n) is 13.5. The topological polar surface area (TPSA) is 81.1 Å². The predicted molar refractivity (Wildman–Crippen MR) is 97.7 cm³/mol. The Bertz CT molecular complexity index is 903. The van der Waals surface area contributed by atoms with E-state index >= 15 is 0 Å².